The molecule has 5 rings (SSSR count). The Morgan fingerprint density at radius 2 is 1.82 bits per heavy atom. The Hall–Kier alpha value is -2.91. The number of benzene rings is 1. The second-order valence-corrected chi connectivity index (χ2v) is 9.25. The van der Waals surface area contributed by atoms with Gasteiger partial charge in [-0.25, -0.2) is 13.6 Å². The smallest absolute Gasteiger partial charge is 0.325 e. The number of ether oxygens (including phenoxy) is 1. The third-order valence-corrected chi connectivity index (χ3v) is 7.25. The summed E-state index contributed by atoms with van der Waals surface area (Å²) in [5.41, 5.74) is -0.693. The van der Waals surface area contributed by atoms with Gasteiger partial charge in [-0.2, -0.15) is 0 Å². The Labute approximate surface area is 197 Å². The predicted octanol–water partition coefficient (Wildman–Crippen LogP) is 3.20. The van der Waals surface area contributed by atoms with E-state index in [0.29, 0.717) is 38.2 Å². The molecule has 180 valence electrons. The van der Waals surface area contributed by atoms with Crippen molar-refractivity contribution in [1.29, 1.82) is 0 Å². The molecular formula is C25H28F2N4O3. The Morgan fingerprint density at radius 3 is 2.47 bits per heavy atom. The first-order valence-electron chi connectivity index (χ1n) is 11.8. The summed E-state index contributed by atoms with van der Waals surface area (Å²) in [7, 11) is 0. The van der Waals surface area contributed by atoms with E-state index >= 15 is 0 Å². The molecule has 34 heavy (non-hydrogen) atoms. The second-order valence-electron chi connectivity index (χ2n) is 9.25. The van der Waals surface area contributed by atoms with Crippen molar-refractivity contribution in [3.8, 4) is 0 Å². The average molecular weight is 471 g/mol. The molecule has 3 aliphatic rings. The fourth-order valence-electron chi connectivity index (χ4n) is 5.44. The maximum absolute atomic E-state index is 14.1. The van der Waals surface area contributed by atoms with Crippen molar-refractivity contribution in [3.05, 3.63) is 65.5 Å². The molecule has 1 aromatic carbocycles. The van der Waals surface area contributed by atoms with Crippen molar-refractivity contribution in [2.45, 2.75) is 43.9 Å². The first-order chi connectivity index (χ1) is 16.5. The van der Waals surface area contributed by atoms with Crippen LogP contribution in [0.3, 0.4) is 0 Å². The second kappa shape index (κ2) is 9.38. The summed E-state index contributed by atoms with van der Waals surface area (Å²) >= 11 is 0. The lowest BCUT2D eigenvalue weighted by molar-refractivity contribution is -0.135. The van der Waals surface area contributed by atoms with Crippen LogP contribution in [0.5, 0.6) is 0 Å². The highest BCUT2D eigenvalue weighted by molar-refractivity contribution is 6.07. The molecule has 3 fully saturated rings. The highest BCUT2D eigenvalue weighted by Crippen LogP contribution is 2.41. The molecule has 3 saturated heterocycles. The van der Waals surface area contributed by atoms with Crippen LogP contribution in [0.1, 0.15) is 36.9 Å². The number of rotatable bonds is 6. The van der Waals surface area contributed by atoms with E-state index in [-0.39, 0.29) is 36.6 Å². The maximum atomic E-state index is 14.1. The highest BCUT2D eigenvalue weighted by atomic mass is 19.1. The Balaban J connectivity index is 1.36. The van der Waals surface area contributed by atoms with Crippen molar-refractivity contribution in [3.63, 3.8) is 0 Å². The number of nitrogens with one attached hydrogen (secondary N) is 1. The summed E-state index contributed by atoms with van der Waals surface area (Å²) in [6.07, 6.45) is 4.36. The van der Waals surface area contributed by atoms with E-state index in [0.717, 1.165) is 12.8 Å². The number of imide groups is 1. The Bertz CT molecular complexity index is 1040. The molecule has 7 nitrogen and oxygen atoms in total. The van der Waals surface area contributed by atoms with Gasteiger partial charge in [-0.05, 0) is 69.0 Å². The van der Waals surface area contributed by atoms with Gasteiger partial charge in [0.2, 0.25) is 0 Å². The lowest BCUT2D eigenvalue weighted by atomic mass is 9.75. The van der Waals surface area contributed by atoms with Crippen molar-refractivity contribution in [2.75, 3.05) is 26.2 Å². The number of pyridine rings is 1. The standard InChI is InChI=1S/C25H28F2N4O3/c26-20-6-3-7-21(27)19(20)16-30-12-9-17(10-13-30)25(22-8-1-2-11-28-22)23(32)31(24(33)29-25)15-18-5-4-14-34-18/h1-3,6-8,11,17-18H,4-5,9-10,12-16H2,(H,29,33)/t18-,25+/m1/s1. The van der Waals surface area contributed by atoms with Crippen LogP contribution in [-0.2, 0) is 21.6 Å². The van der Waals surface area contributed by atoms with E-state index in [1.807, 2.05) is 11.0 Å². The SMILES string of the molecule is O=C1N[C@](c2ccccn2)(C2CCN(Cc3c(F)cccc3F)CC2)C(=O)N1C[C@H]1CCCO1. The molecule has 2 aromatic rings. The van der Waals surface area contributed by atoms with Gasteiger partial charge in [0.25, 0.3) is 5.91 Å². The van der Waals surface area contributed by atoms with E-state index in [4.69, 9.17) is 4.74 Å². The van der Waals surface area contributed by atoms with Gasteiger partial charge in [0, 0.05) is 24.9 Å². The molecule has 9 heteroatoms. The number of carbonyl (C=O) groups excluding carboxylic acids is 2. The number of amides is 3. The van der Waals surface area contributed by atoms with Gasteiger partial charge in [-0.1, -0.05) is 12.1 Å². The van der Waals surface area contributed by atoms with Gasteiger partial charge < -0.3 is 10.1 Å². The summed E-state index contributed by atoms with van der Waals surface area (Å²) in [4.78, 5) is 34.5. The van der Waals surface area contributed by atoms with Gasteiger partial charge in [0.15, 0.2) is 5.54 Å². The largest absolute Gasteiger partial charge is 0.376 e. The highest BCUT2D eigenvalue weighted by Gasteiger charge is 2.58. The maximum Gasteiger partial charge on any atom is 0.325 e. The van der Waals surface area contributed by atoms with Crippen LogP contribution >= 0.6 is 0 Å². The van der Waals surface area contributed by atoms with Gasteiger partial charge >= 0.3 is 6.03 Å². The van der Waals surface area contributed by atoms with Crippen LogP contribution in [0.4, 0.5) is 13.6 Å². The molecule has 2 atom stereocenters. The van der Waals surface area contributed by atoms with Crippen LogP contribution in [-0.4, -0.2) is 59.1 Å². The number of halogens is 2. The summed E-state index contributed by atoms with van der Waals surface area (Å²) < 4.78 is 33.9. The van der Waals surface area contributed by atoms with Crippen molar-refractivity contribution in [2.24, 2.45) is 5.92 Å². The summed E-state index contributed by atoms with van der Waals surface area (Å²) in [6.45, 7) is 2.11. The number of urea groups is 1. The molecule has 4 heterocycles. The van der Waals surface area contributed by atoms with Gasteiger partial charge in [0.1, 0.15) is 11.6 Å². The zero-order valence-corrected chi connectivity index (χ0v) is 18.9. The van der Waals surface area contributed by atoms with Crippen LogP contribution < -0.4 is 5.32 Å². The average Bonchev–Trinajstić information content (AvgIpc) is 3.45. The molecule has 1 aromatic heterocycles. The van der Waals surface area contributed by atoms with Crippen LogP contribution in [0.2, 0.25) is 0 Å². The van der Waals surface area contributed by atoms with E-state index < -0.39 is 23.2 Å². The third-order valence-electron chi connectivity index (χ3n) is 7.25. The fourth-order valence-corrected chi connectivity index (χ4v) is 5.44. The van der Waals surface area contributed by atoms with Crippen LogP contribution in [0, 0.1) is 17.6 Å². The number of piperidine rings is 1. The quantitative estimate of drug-likeness (QED) is 0.657. The van der Waals surface area contributed by atoms with E-state index in [1.54, 1.807) is 18.3 Å². The molecule has 3 amide bonds. The van der Waals surface area contributed by atoms with E-state index in [9.17, 15) is 18.4 Å². The van der Waals surface area contributed by atoms with E-state index in [2.05, 4.69) is 10.3 Å². The molecule has 1 N–H and O–H groups in total. The Kier molecular flexibility index (Phi) is 6.31. The number of hydrogen-bond donors (Lipinski definition) is 1. The fraction of sp³-hybridized carbons (Fsp3) is 0.480. The number of likely N-dealkylation sites (tertiary alicyclic amines) is 1. The topological polar surface area (TPSA) is 74.8 Å². The molecule has 0 bridgehead atoms. The van der Waals surface area contributed by atoms with Gasteiger partial charge in [0.05, 0.1) is 18.3 Å². The summed E-state index contributed by atoms with van der Waals surface area (Å²) in [5.74, 6) is -1.62. The molecular weight excluding hydrogens is 442 g/mol. The lowest BCUT2D eigenvalue weighted by Crippen LogP contribution is -2.54. The molecule has 0 unspecified atom stereocenters. The summed E-state index contributed by atoms with van der Waals surface area (Å²) in [5, 5.41) is 2.99. The first-order valence-corrected chi connectivity index (χ1v) is 11.8. The molecule has 0 aliphatic carbocycles. The van der Waals surface area contributed by atoms with Crippen LogP contribution in [0.15, 0.2) is 42.6 Å². The number of aromatic nitrogens is 1. The minimum atomic E-state index is -1.26. The van der Waals surface area contributed by atoms with Gasteiger partial charge in [-0.3, -0.25) is 19.6 Å². The molecule has 0 radical (unpaired) electrons. The molecule has 0 spiro atoms. The van der Waals surface area contributed by atoms with Crippen molar-refractivity contribution < 1.29 is 23.1 Å². The summed E-state index contributed by atoms with van der Waals surface area (Å²) in [6, 6.07) is 8.80. The van der Waals surface area contributed by atoms with Gasteiger partial charge in [-0.15, -0.1) is 0 Å². The number of carbonyl (C=O) groups is 2. The molecule has 0 saturated carbocycles. The Morgan fingerprint density at radius 1 is 1.06 bits per heavy atom. The normalized spacial score (nSPS) is 26.3. The number of hydrogen-bond acceptors (Lipinski definition) is 5. The number of nitrogens with zero attached hydrogens (tertiary/aromatic N) is 3. The van der Waals surface area contributed by atoms with Crippen LogP contribution in [0.25, 0.3) is 0 Å². The third kappa shape index (κ3) is 4.07. The zero-order chi connectivity index (χ0) is 23.7. The minimum Gasteiger partial charge on any atom is -0.376 e. The molecule has 3 aliphatic heterocycles. The monoisotopic (exact) mass is 470 g/mol. The predicted molar refractivity (Wildman–Crippen MR) is 119 cm³/mol. The van der Waals surface area contributed by atoms with Crippen molar-refractivity contribution in [1.82, 2.24) is 20.1 Å². The van der Waals surface area contributed by atoms with Crippen molar-refractivity contribution >= 4 is 11.9 Å². The lowest BCUT2D eigenvalue weighted by Gasteiger charge is -2.40. The minimum absolute atomic E-state index is 0.0494. The van der Waals surface area contributed by atoms with E-state index in [1.165, 1.54) is 23.1 Å². The first kappa shape index (κ1) is 22.9. The zero-order valence-electron chi connectivity index (χ0n) is 18.9.